The molecule has 0 radical (unpaired) electrons. The molecular formula is C19H20N4O3. The molecule has 0 aliphatic carbocycles. The average Bonchev–Trinajstić information content (AvgIpc) is 3.08. The molecule has 0 bridgehead atoms. The van der Waals surface area contributed by atoms with E-state index in [1.54, 1.807) is 22.9 Å². The lowest BCUT2D eigenvalue weighted by atomic mass is 10.1. The highest BCUT2D eigenvalue weighted by Gasteiger charge is 2.13. The van der Waals surface area contributed by atoms with E-state index < -0.39 is 5.97 Å². The SMILES string of the molecule is CCc1ccccc1NC(=O)COC(=O)c1ccc2c(c1)nnn2CC. The molecule has 0 spiro atoms. The maximum Gasteiger partial charge on any atom is 0.338 e. The van der Waals surface area contributed by atoms with Crippen molar-refractivity contribution < 1.29 is 14.3 Å². The number of nitrogens with zero attached hydrogens (tertiary/aromatic N) is 3. The second-order valence-corrected chi connectivity index (χ2v) is 5.74. The lowest BCUT2D eigenvalue weighted by Crippen LogP contribution is -2.21. The van der Waals surface area contributed by atoms with Crippen molar-refractivity contribution >= 4 is 28.6 Å². The third-order valence-corrected chi connectivity index (χ3v) is 4.06. The number of fused-ring (bicyclic) bond motifs is 1. The minimum Gasteiger partial charge on any atom is -0.452 e. The summed E-state index contributed by atoms with van der Waals surface area (Å²) in [7, 11) is 0. The minimum atomic E-state index is -0.572. The van der Waals surface area contributed by atoms with Crippen LogP contribution in [-0.4, -0.2) is 33.5 Å². The molecule has 3 rings (SSSR count). The second-order valence-electron chi connectivity index (χ2n) is 5.74. The molecule has 0 saturated heterocycles. The number of hydrogen-bond acceptors (Lipinski definition) is 5. The van der Waals surface area contributed by atoms with Crippen LogP contribution >= 0.6 is 0 Å². The molecule has 2 aromatic carbocycles. The number of benzene rings is 2. The summed E-state index contributed by atoms with van der Waals surface area (Å²) < 4.78 is 6.85. The number of ether oxygens (including phenoxy) is 1. The standard InChI is InChI=1S/C19H20N4O3/c1-3-13-7-5-6-8-15(13)20-18(24)12-26-19(25)14-9-10-17-16(11-14)21-22-23(17)4-2/h5-11H,3-4,12H2,1-2H3,(H,20,24). The summed E-state index contributed by atoms with van der Waals surface area (Å²) in [6, 6.07) is 12.6. The molecule has 0 aliphatic heterocycles. The Morgan fingerprint density at radius 1 is 1.15 bits per heavy atom. The topological polar surface area (TPSA) is 86.1 Å². The van der Waals surface area contributed by atoms with Crippen molar-refractivity contribution in [3.8, 4) is 0 Å². The van der Waals surface area contributed by atoms with E-state index in [1.807, 2.05) is 38.1 Å². The number of rotatable bonds is 6. The number of para-hydroxylation sites is 1. The number of carbonyl (C=O) groups excluding carboxylic acids is 2. The Hall–Kier alpha value is -3.22. The highest BCUT2D eigenvalue weighted by atomic mass is 16.5. The summed E-state index contributed by atoms with van der Waals surface area (Å²) in [5, 5.41) is 10.8. The van der Waals surface area contributed by atoms with Gasteiger partial charge in [0.15, 0.2) is 6.61 Å². The number of carbonyl (C=O) groups is 2. The van der Waals surface area contributed by atoms with E-state index in [9.17, 15) is 9.59 Å². The van der Waals surface area contributed by atoms with Gasteiger partial charge in [0.25, 0.3) is 5.91 Å². The maximum atomic E-state index is 12.2. The highest BCUT2D eigenvalue weighted by molar-refractivity contribution is 5.97. The lowest BCUT2D eigenvalue weighted by Gasteiger charge is -2.10. The number of anilines is 1. The molecule has 7 heteroatoms. The van der Waals surface area contributed by atoms with E-state index >= 15 is 0 Å². The van der Waals surface area contributed by atoms with Gasteiger partial charge in [0.1, 0.15) is 5.52 Å². The fraction of sp³-hybridized carbons (Fsp3) is 0.263. The smallest absolute Gasteiger partial charge is 0.338 e. The number of hydrogen-bond donors (Lipinski definition) is 1. The predicted molar refractivity (Wildman–Crippen MR) is 97.9 cm³/mol. The number of esters is 1. The summed E-state index contributed by atoms with van der Waals surface area (Å²) in [6.07, 6.45) is 0.800. The Kier molecular flexibility index (Phi) is 5.26. The van der Waals surface area contributed by atoms with Crippen LogP contribution in [0.3, 0.4) is 0 Å². The molecule has 0 unspecified atom stereocenters. The zero-order chi connectivity index (χ0) is 18.5. The number of nitrogens with one attached hydrogen (secondary N) is 1. The van der Waals surface area contributed by atoms with Gasteiger partial charge in [-0.3, -0.25) is 4.79 Å². The zero-order valence-electron chi connectivity index (χ0n) is 14.7. The Bertz CT molecular complexity index is 949. The Balaban J connectivity index is 1.62. The first kappa shape index (κ1) is 17.6. The van der Waals surface area contributed by atoms with E-state index in [2.05, 4.69) is 15.6 Å². The Morgan fingerprint density at radius 3 is 2.73 bits per heavy atom. The van der Waals surface area contributed by atoms with Gasteiger partial charge in [-0.05, 0) is 43.2 Å². The summed E-state index contributed by atoms with van der Waals surface area (Å²) in [6.45, 7) is 4.32. The van der Waals surface area contributed by atoms with Gasteiger partial charge in [0, 0.05) is 12.2 Å². The van der Waals surface area contributed by atoms with E-state index in [4.69, 9.17) is 4.74 Å². The fourth-order valence-electron chi connectivity index (χ4n) is 2.68. The molecule has 26 heavy (non-hydrogen) atoms. The van der Waals surface area contributed by atoms with Crippen LogP contribution in [0.25, 0.3) is 11.0 Å². The van der Waals surface area contributed by atoms with E-state index in [-0.39, 0.29) is 12.5 Å². The van der Waals surface area contributed by atoms with Crippen molar-refractivity contribution in [1.82, 2.24) is 15.0 Å². The lowest BCUT2D eigenvalue weighted by molar-refractivity contribution is -0.119. The first-order chi connectivity index (χ1) is 12.6. The van der Waals surface area contributed by atoms with Crippen molar-refractivity contribution in [3.05, 3.63) is 53.6 Å². The minimum absolute atomic E-state index is 0.336. The van der Waals surface area contributed by atoms with Crippen LogP contribution in [0.15, 0.2) is 42.5 Å². The first-order valence-electron chi connectivity index (χ1n) is 8.50. The second kappa shape index (κ2) is 7.77. The molecule has 1 N–H and O–H groups in total. The summed E-state index contributed by atoms with van der Waals surface area (Å²) in [5.41, 5.74) is 3.55. The third kappa shape index (κ3) is 3.72. The fourth-order valence-corrected chi connectivity index (χ4v) is 2.68. The molecule has 134 valence electrons. The molecular weight excluding hydrogens is 332 g/mol. The van der Waals surface area contributed by atoms with Crippen molar-refractivity contribution in [1.29, 1.82) is 0 Å². The van der Waals surface area contributed by atoms with Crippen molar-refractivity contribution in [3.63, 3.8) is 0 Å². The van der Waals surface area contributed by atoms with Crippen molar-refractivity contribution in [2.24, 2.45) is 0 Å². The number of amides is 1. The van der Waals surface area contributed by atoms with E-state index in [0.29, 0.717) is 17.6 Å². The van der Waals surface area contributed by atoms with Crippen LogP contribution in [0, 0.1) is 0 Å². The van der Waals surface area contributed by atoms with Crippen LogP contribution in [0.1, 0.15) is 29.8 Å². The van der Waals surface area contributed by atoms with Gasteiger partial charge in [-0.1, -0.05) is 30.3 Å². The van der Waals surface area contributed by atoms with E-state index in [1.165, 1.54) is 0 Å². The van der Waals surface area contributed by atoms with Crippen LogP contribution in [0.5, 0.6) is 0 Å². The molecule has 7 nitrogen and oxygen atoms in total. The zero-order valence-corrected chi connectivity index (χ0v) is 14.7. The van der Waals surface area contributed by atoms with Crippen LogP contribution in [0.4, 0.5) is 5.69 Å². The van der Waals surface area contributed by atoms with Gasteiger partial charge in [0.2, 0.25) is 0 Å². The molecule has 1 aromatic heterocycles. The van der Waals surface area contributed by atoms with Crippen LogP contribution in [-0.2, 0) is 22.5 Å². The van der Waals surface area contributed by atoms with Crippen molar-refractivity contribution in [2.75, 3.05) is 11.9 Å². The third-order valence-electron chi connectivity index (χ3n) is 4.06. The van der Waals surface area contributed by atoms with Crippen molar-refractivity contribution in [2.45, 2.75) is 26.8 Å². The van der Waals surface area contributed by atoms with E-state index in [0.717, 1.165) is 23.2 Å². The Morgan fingerprint density at radius 2 is 1.96 bits per heavy atom. The quantitative estimate of drug-likeness (QED) is 0.690. The largest absolute Gasteiger partial charge is 0.452 e. The maximum absolute atomic E-state index is 12.2. The molecule has 3 aromatic rings. The molecule has 0 fully saturated rings. The summed E-state index contributed by atoms with van der Waals surface area (Å²) >= 11 is 0. The molecule has 0 aliphatic rings. The molecule has 1 heterocycles. The monoisotopic (exact) mass is 352 g/mol. The summed E-state index contributed by atoms with van der Waals surface area (Å²) in [5.74, 6) is -0.950. The normalized spacial score (nSPS) is 10.7. The van der Waals surface area contributed by atoms with Gasteiger partial charge in [0.05, 0.1) is 11.1 Å². The predicted octanol–water partition coefficient (Wildman–Crippen LogP) is 2.81. The van der Waals surface area contributed by atoms with Crippen LogP contribution < -0.4 is 5.32 Å². The average molecular weight is 352 g/mol. The van der Waals surface area contributed by atoms with Gasteiger partial charge in [-0.2, -0.15) is 0 Å². The summed E-state index contributed by atoms with van der Waals surface area (Å²) in [4.78, 5) is 24.2. The first-order valence-corrected chi connectivity index (χ1v) is 8.50. The molecule has 1 amide bonds. The van der Waals surface area contributed by atoms with Crippen LogP contribution in [0.2, 0.25) is 0 Å². The van der Waals surface area contributed by atoms with Gasteiger partial charge in [-0.25, -0.2) is 9.48 Å². The number of aryl methyl sites for hydroxylation is 2. The van der Waals surface area contributed by atoms with Gasteiger partial charge >= 0.3 is 5.97 Å². The van der Waals surface area contributed by atoms with Gasteiger partial charge < -0.3 is 10.1 Å². The molecule has 0 atom stereocenters. The van der Waals surface area contributed by atoms with Gasteiger partial charge in [-0.15, -0.1) is 5.10 Å². The highest BCUT2D eigenvalue weighted by Crippen LogP contribution is 2.16. The Labute approximate surface area is 151 Å². The number of aromatic nitrogens is 3. The molecule has 0 saturated carbocycles.